The number of benzene rings is 2. The summed E-state index contributed by atoms with van der Waals surface area (Å²) in [7, 11) is 0. The summed E-state index contributed by atoms with van der Waals surface area (Å²) >= 11 is 6.30. The van der Waals surface area contributed by atoms with Gasteiger partial charge in [-0.15, -0.1) is 0 Å². The summed E-state index contributed by atoms with van der Waals surface area (Å²) in [6.07, 6.45) is 1.88. The molecule has 5 nitrogen and oxygen atoms in total. The van der Waals surface area contributed by atoms with Gasteiger partial charge in [0.05, 0.1) is 23.6 Å². The van der Waals surface area contributed by atoms with Crippen molar-refractivity contribution in [3.63, 3.8) is 0 Å². The molecule has 1 fully saturated rings. The Morgan fingerprint density at radius 1 is 1.26 bits per heavy atom. The number of hydrogen-bond donors (Lipinski definition) is 3. The number of hydrazine groups is 1. The van der Waals surface area contributed by atoms with Crippen molar-refractivity contribution in [3.8, 4) is 5.75 Å². The molecule has 1 heterocycles. The third kappa shape index (κ3) is 5.22. The molecule has 0 aliphatic carbocycles. The zero-order valence-corrected chi connectivity index (χ0v) is 16.3. The van der Waals surface area contributed by atoms with E-state index in [0.29, 0.717) is 30.5 Å². The minimum absolute atomic E-state index is 0.0515. The molecule has 3 rings (SSSR count). The normalized spacial score (nSPS) is 19.0. The second kappa shape index (κ2) is 9.74. The Hall–Kier alpha value is -2.08. The summed E-state index contributed by atoms with van der Waals surface area (Å²) < 4.78 is 5.48. The second-order valence-electron chi connectivity index (χ2n) is 6.61. The smallest absolute Gasteiger partial charge is 0.226 e. The number of carbonyl (C=O) groups is 1. The highest BCUT2D eigenvalue weighted by atomic mass is 35.5. The van der Waals surface area contributed by atoms with Crippen LogP contribution in [-0.4, -0.2) is 25.6 Å². The zero-order valence-electron chi connectivity index (χ0n) is 15.5. The minimum Gasteiger partial charge on any atom is -0.492 e. The monoisotopic (exact) mass is 387 g/mol. The molecule has 2 atom stereocenters. The molecule has 2 aromatic carbocycles. The van der Waals surface area contributed by atoms with Crippen LogP contribution in [0.4, 0.5) is 0 Å². The van der Waals surface area contributed by atoms with Crippen LogP contribution in [0.3, 0.4) is 0 Å². The van der Waals surface area contributed by atoms with Gasteiger partial charge in [-0.25, -0.2) is 5.43 Å². The van der Waals surface area contributed by atoms with E-state index in [1.807, 2.05) is 43.3 Å². The average Bonchev–Trinajstić information content (AvgIpc) is 3.17. The van der Waals surface area contributed by atoms with E-state index in [9.17, 15) is 4.79 Å². The highest BCUT2D eigenvalue weighted by molar-refractivity contribution is 6.32. The molecule has 0 radical (unpaired) electrons. The maximum absolute atomic E-state index is 12.6. The molecule has 2 unspecified atom stereocenters. The molecule has 1 aliphatic heterocycles. The molecule has 1 amide bonds. The topological polar surface area (TPSA) is 62.4 Å². The van der Waals surface area contributed by atoms with Crippen molar-refractivity contribution in [2.24, 2.45) is 5.92 Å². The van der Waals surface area contributed by atoms with Gasteiger partial charge < -0.3 is 10.1 Å². The van der Waals surface area contributed by atoms with Gasteiger partial charge in [0.1, 0.15) is 5.75 Å². The summed E-state index contributed by atoms with van der Waals surface area (Å²) in [5.41, 5.74) is 8.54. The number of ether oxygens (including phenoxy) is 1. The van der Waals surface area contributed by atoms with Gasteiger partial charge in [0.2, 0.25) is 5.91 Å². The van der Waals surface area contributed by atoms with Crippen LogP contribution in [0.25, 0.3) is 0 Å². The lowest BCUT2D eigenvalue weighted by molar-refractivity contribution is -0.124. The SMILES string of the molecule is CCOc1ccc(C2NNCC2C(=O)NCCCc2ccccc2)cc1Cl. The molecule has 0 saturated carbocycles. The van der Waals surface area contributed by atoms with Crippen LogP contribution in [0, 0.1) is 5.92 Å². The molecular weight excluding hydrogens is 362 g/mol. The van der Waals surface area contributed by atoms with Crippen LogP contribution in [0.5, 0.6) is 5.75 Å². The van der Waals surface area contributed by atoms with Gasteiger partial charge >= 0.3 is 0 Å². The fourth-order valence-corrected chi connectivity index (χ4v) is 3.56. The van der Waals surface area contributed by atoms with Crippen molar-refractivity contribution in [3.05, 3.63) is 64.7 Å². The van der Waals surface area contributed by atoms with Crippen LogP contribution in [-0.2, 0) is 11.2 Å². The van der Waals surface area contributed by atoms with E-state index in [4.69, 9.17) is 16.3 Å². The van der Waals surface area contributed by atoms with E-state index in [2.05, 4.69) is 28.3 Å². The maximum Gasteiger partial charge on any atom is 0.226 e. The zero-order chi connectivity index (χ0) is 19.1. The highest BCUT2D eigenvalue weighted by Gasteiger charge is 2.34. The van der Waals surface area contributed by atoms with E-state index >= 15 is 0 Å². The molecule has 3 N–H and O–H groups in total. The molecule has 6 heteroatoms. The van der Waals surface area contributed by atoms with Gasteiger partial charge in [-0.2, -0.15) is 0 Å². The van der Waals surface area contributed by atoms with Crippen LogP contribution < -0.4 is 20.9 Å². The third-order valence-corrected chi connectivity index (χ3v) is 5.01. The van der Waals surface area contributed by atoms with Crippen LogP contribution in [0.2, 0.25) is 5.02 Å². The maximum atomic E-state index is 12.6. The lowest BCUT2D eigenvalue weighted by atomic mass is 9.94. The molecule has 0 aromatic heterocycles. The fraction of sp³-hybridized carbons (Fsp3) is 0.381. The van der Waals surface area contributed by atoms with Gasteiger partial charge in [0.15, 0.2) is 0 Å². The molecule has 27 heavy (non-hydrogen) atoms. The summed E-state index contributed by atoms with van der Waals surface area (Å²) in [6.45, 7) is 3.74. The van der Waals surface area contributed by atoms with Crippen molar-refractivity contribution in [2.75, 3.05) is 19.7 Å². The van der Waals surface area contributed by atoms with E-state index in [1.165, 1.54) is 5.56 Å². The van der Waals surface area contributed by atoms with E-state index in [-0.39, 0.29) is 17.9 Å². The Morgan fingerprint density at radius 3 is 2.81 bits per heavy atom. The Morgan fingerprint density at radius 2 is 2.07 bits per heavy atom. The number of halogens is 1. The summed E-state index contributed by atoms with van der Waals surface area (Å²) in [5.74, 6) is 0.530. The van der Waals surface area contributed by atoms with Gasteiger partial charge in [-0.1, -0.05) is 48.0 Å². The van der Waals surface area contributed by atoms with Crippen molar-refractivity contribution in [2.45, 2.75) is 25.8 Å². The number of rotatable bonds is 8. The Bertz CT molecular complexity index is 754. The number of carbonyl (C=O) groups excluding carboxylic acids is 1. The van der Waals surface area contributed by atoms with Crippen molar-refractivity contribution in [1.29, 1.82) is 0 Å². The van der Waals surface area contributed by atoms with Crippen molar-refractivity contribution in [1.82, 2.24) is 16.2 Å². The summed E-state index contributed by atoms with van der Waals surface area (Å²) in [6, 6.07) is 15.9. The predicted octanol–water partition coefficient (Wildman–Crippen LogP) is 3.25. The standard InChI is InChI=1S/C21H26ClN3O2/c1-2-27-19-11-10-16(13-18(19)22)20-17(14-24-25-20)21(26)23-12-6-9-15-7-4-3-5-8-15/h3-5,7-8,10-11,13,17,20,24-25H,2,6,9,12,14H2,1H3,(H,23,26). The lowest BCUT2D eigenvalue weighted by Crippen LogP contribution is -2.35. The van der Waals surface area contributed by atoms with Crippen molar-refractivity contribution >= 4 is 17.5 Å². The molecule has 0 spiro atoms. The number of amides is 1. The first-order valence-corrected chi connectivity index (χ1v) is 9.79. The van der Waals surface area contributed by atoms with Crippen LogP contribution in [0.15, 0.2) is 48.5 Å². The highest BCUT2D eigenvalue weighted by Crippen LogP contribution is 2.32. The fourth-order valence-electron chi connectivity index (χ4n) is 3.32. The number of hydrogen-bond acceptors (Lipinski definition) is 4. The molecule has 1 aliphatic rings. The summed E-state index contributed by atoms with van der Waals surface area (Å²) in [4.78, 5) is 12.6. The quantitative estimate of drug-likeness (QED) is 0.608. The van der Waals surface area contributed by atoms with Crippen LogP contribution >= 0.6 is 11.6 Å². The predicted molar refractivity (Wildman–Crippen MR) is 108 cm³/mol. The Balaban J connectivity index is 1.54. The first-order valence-electron chi connectivity index (χ1n) is 9.41. The van der Waals surface area contributed by atoms with E-state index in [1.54, 1.807) is 0 Å². The Labute approximate surface area is 165 Å². The average molecular weight is 388 g/mol. The minimum atomic E-state index is -0.185. The van der Waals surface area contributed by atoms with E-state index in [0.717, 1.165) is 18.4 Å². The van der Waals surface area contributed by atoms with Gasteiger partial charge in [-0.3, -0.25) is 10.2 Å². The van der Waals surface area contributed by atoms with Crippen molar-refractivity contribution < 1.29 is 9.53 Å². The first kappa shape index (κ1) is 19.7. The van der Waals surface area contributed by atoms with Crippen LogP contribution in [0.1, 0.15) is 30.5 Å². The second-order valence-corrected chi connectivity index (χ2v) is 7.02. The third-order valence-electron chi connectivity index (χ3n) is 4.72. The Kier molecular flexibility index (Phi) is 7.10. The molecular formula is C21H26ClN3O2. The first-order chi connectivity index (χ1) is 13.2. The number of nitrogens with one attached hydrogen (secondary N) is 3. The molecule has 2 aromatic rings. The molecule has 0 bridgehead atoms. The lowest BCUT2D eigenvalue weighted by Gasteiger charge is -2.19. The number of aryl methyl sites for hydroxylation is 1. The molecule has 144 valence electrons. The van der Waals surface area contributed by atoms with Gasteiger partial charge in [-0.05, 0) is 43.0 Å². The largest absolute Gasteiger partial charge is 0.492 e. The van der Waals surface area contributed by atoms with Gasteiger partial charge in [0, 0.05) is 13.1 Å². The molecule has 1 saturated heterocycles. The summed E-state index contributed by atoms with van der Waals surface area (Å²) in [5, 5.41) is 3.62. The van der Waals surface area contributed by atoms with Gasteiger partial charge in [0.25, 0.3) is 0 Å². The van der Waals surface area contributed by atoms with E-state index < -0.39 is 0 Å².